The molecule has 0 spiro atoms. The smallest absolute Gasteiger partial charge is 0.306 e. The second kappa shape index (κ2) is 5.30. The Morgan fingerprint density at radius 1 is 1.26 bits per heavy atom. The highest BCUT2D eigenvalue weighted by molar-refractivity contribution is 5.97. The quantitative estimate of drug-likeness (QED) is 0.850. The first-order chi connectivity index (χ1) is 8.99. The number of phenolic OH excluding ortho intramolecular Hbond substituents is 1. The van der Waals surface area contributed by atoms with Gasteiger partial charge in [-0.25, -0.2) is 0 Å². The minimum atomic E-state index is -0.800. The maximum Gasteiger partial charge on any atom is 0.306 e. The molecule has 1 aliphatic rings. The van der Waals surface area contributed by atoms with Crippen LogP contribution >= 0.6 is 0 Å². The van der Waals surface area contributed by atoms with E-state index in [4.69, 9.17) is 5.11 Å². The Hall–Kier alpha value is -2.04. The summed E-state index contributed by atoms with van der Waals surface area (Å²) in [4.78, 5) is 24.7. The number of likely N-dealkylation sites (tertiary alicyclic amines) is 1. The van der Waals surface area contributed by atoms with Crippen LogP contribution in [0.3, 0.4) is 0 Å². The number of aryl methyl sites for hydroxylation is 1. The van der Waals surface area contributed by atoms with Gasteiger partial charge in [0.1, 0.15) is 5.75 Å². The number of carboxylic acid groups (broad SMARTS) is 1. The van der Waals surface area contributed by atoms with E-state index in [1.807, 2.05) is 6.92 Å². The highest BCUT2D eigenvalue weighted by atomic mass is 16.4. The summed E-state index contributed by atoms with van der Waals surface area (Å²) in [6.07, 6.45) is 0.932. The van der Waals surface area contributed by atoms with Crippen molar-refractivity contribution in [1.82, 2.24) is 4.90 Å². The Morgan fingerprint density at radius 3 is 2.47 bits per heavy atom. The van der Waals surface area contributed by atoms with Crippen LogP contribution in [-0.4, -0.2) is 40.1 Å². The third-order valence-corrected chi connectivity index (χ3v) is 3.51. The van der Waals surface area contributed by atoms with Gasteiger partial charge in [0, 0.05) is 13.1 Å². The average Bonchev–Trinajstić information content (AvgIpc) is 2.41. The Labute approximate surface area is 111 Å². The van der Waals surface area contributed by atoms with Gasteiger partial charge in [-0.05, 0) is 31.9 Å². The SMILES string of the molecule is Cc1ccc(O)c(C(=O)N2CCC(C(=O)O)CC2)c1. The zero-order chi connectivity index (χ0) is 14.0. The lowest BCUT2D eigenvalue weighted by atomic mass is 9.96. The van der Waals surface area contributed by atoms with Crippen molar-refractivity contribution in [3.05, 3.63) is 29.3 Å². The number of benzene rings is 1. The fraction of sp³-hybridized carbons (Fsp3) is 0.429. The van der Waals surface area contributed by atoms with Crippen LogP contribution in [0.2, 0.25) is 0 Å². The van der Waals surface area contributed by atoms with Crippen LogP contribution < -0.4 is 0 Å². The van der Waals surface area contributed by atoms with Crippen LogP contribution in [0, 0.1) is 12.8 Å². The number of carbonyl (C=O) groups excluding carboxylic acids is 1. The van der Waals surface area contributed by atoms with Gasteiger partial charge >= 0.3 is 5.97 Å². The molecule has 0 saturated carbocycles. The van der Waals surface area contributed by atoms with E-state index in [-0.39, 0.29) is 23.1 Å². The number of rotatable bonds is 2. The molecule has 0 bridgehead atoms. The molecule has 1 fully saturated rings. The molecule has 1 aromatic carbocycles. The molecule has 2 N–H and O–H groups in total. The van der Waals surface area contributed by atoms with Crippen molar-refractivity contribution in [2.45, 2.75) is 19.8 Å². The minimum absolute atomic E-state index is 0.0315. The Kier molecular flexibility index (Phi) is 3.74. The summed E-state index contributed by atoms with van der Waals surface area (Å²) >= 11 is 0. The molecule has 1 aliphatic heterocycles. The van der Waals surface area contributed by atoms with Crippen molar-refractivity contribution in [2.75, 3.05) is 13.1 Å². The van der Waals surface area contributed by atoms with E-state index in [9.17, 15) is 14.7 Å². The number of aromatic hydroxyl groups is 1. The Bertz CT molecular complexity index is 504. The first-order valence-corrected chi connectivity index (χ1v) is 6.30. The highest BCUT2D eigenvalue weighted by Crippen LogP contribution is 2.23. The minimum Gasteiger partial charge on any atom is -0.507 e. The monoisotopic (exact) mass is 263 g/mol. The summed E-state index contributed by atoms with van der Waals surface area (Å²) in [5.41, 5.74) is 1.19. The molecular weight excluding hydrogens is 246 g/mol. The number of carbonyl (C=O) groups is 2. The number of aliphatic carboxylic acids is 1. The number of hydrogen-bond acceptors (Lipinski definition) is 3. The molecule has 1 aromatic rings. The number of hydrogen-bond donors (Lipinski definition) is 2. The summed E-state index contributed by atoms with van der Waals surface area (Å²) in [5.74, 6) is -1.43. The maximum absolute atomic E-state index is 12.3. The number of nitrogens with zero attached hydrogens (tertiary/aromatic N) is 1. The lowest BCUT2D eigenvalue weighted by molar-refractivity contribution is -0.143. The standard InChI is InChI=1S/C14H17NO4/c1-9-2-3-12(16)11(8-9)13(17)15-6-4-10(5-7-15)14(18)19/h2-3,8,10,16H,4-7H2,1H3,(H,18,19). The second-order valence-electron chi connectivity index (χ2n) is 4.93. The van der Waals surface area contributed by atoms with E-state index in [2.05, 4.69) is 0 Å². The third kappa shape index (κ3) is 2.86. The van der Waals surface area contributed by atoms with Crippen molar-refractivity contribution in [3.8, 4) is 5.75 Å². The van der Waals surface area contributed by atoms with Crippen LogP contribution in [-0.2, 0) is 4.79 Å². The van der Waals surface area contributed by atoms with E-state index in [0.29, 0.717) is 25.9 Å². The van der Waals surface area contributed by atoms with Gasteiger partial charge in [-0.2, -0.15) is 0 Å². The van der Waals surface area contributed by atoms with Crippen LogP contribution in [0.5, 0.6) is 5.75 Å². The zero-order valence-electron chi connectivity index (χ0n) is 10.8. The first-order valence-electron chi connectivity index (χ1n) is 6.30. The van der Waals surface area contributed by atoms with E-state index < -0.39 is 5.97 Å². The molecule has 0 atom stereocenters. The van der Waals surface area contributed by atoms with Gasteiger partial charge in [0.25, 0.3) is 5.91 Å². The molecule has 0 radical (unpaired) electrons. The molecule has 2 rings (SSSR count). The average molecular weight is 263 g/mol. The number of carboxylic acids is 1. The fourth-order valence-corrected chi connectivity index (χ4v) is 2.32. The molecular formula is C14H17NO4. The van der Waals surface area contributed by atoms with Crippen molar-refractivity contribution < 1.29 is 19.8 Å². The van der Waals surface area contributed by atoms with Crippen LogP contribution in [0.15, 0.2) is 18.2 Å². The summed E-state index contributed by atoms with van der Waals surface area (Å²) in [6.45, 7) is 2.69. The molecule has 5 heteroatoms. The molecule has 1 saturated heterocycles. The third-order valence-electron chi connectivity index (χ3n) is 3.51. The summed E-state index contributed by atoms with van der Waals surface area (Å²) < 4.78 is 0. The van der Waals surface area contributed by atoms with Crippen molar-refractivity contribution in [2.24, 2.45) is 5.92 Å². The zero-order valence-corrected chi connectivity index (χ0v) is 10.8. The number of amides is 1. The summed E-state index contributed by atoms with van der Waals surface area (Å²) in [5, 5.41) is 18.7. The van der Waals surface area contributed by atoms with Crippen LogP contribution in [0.25, 0.3) is 0 Å². The molecule has 0 aliphatic carbocycles. The molecule has 1 amide bonds. The van der Waals surface area contributed by atoms with Gasteiger partial charge in [-0.15, -0.1) is 0 Å². The van der Waals surface area contributed by atoms with Gasteiger partial charge in [-0.3, -0.25) is 9.59 Å². The molecule has 0 unspecified atom stereocenters. The van der Waals surface area contributed by atoms with Gasteiger partial charge in [0.15, 0.2) is 0 Å². The van der Waals surface area contributed by atoms with Crippen molar-refractivity contribution in [3.63, 3.8) is 0 Å². The normalized spacial score (nSPS) is 16.4. The highest BCUT2D eigenvalue weighted by Gasteiger charge is 2.28. The van der Waals surface area contributed by atoms with Gasteiger partial charge < -0.3 is 15.1 Å². The maximum atomic E-state index is 12.3. The van der Waals surface area contributed by atoms with Gasteiger partial charge in [0.2, 0.25) is 0 Å². The van der Waals surface area contributed by atoms with Crippen molar-refractivity contribution >= 4 is 11.9 Å². The lowest BCUT2D eigenvalue weighted by Crippen LogP contribution is -2.40. The number of phenols is 1. The van der Waals surface area contributed by atoms with E-state index >= 15 is 0 Å². The largest absolute Gasteiger partial charge is 0.507 e. The van der Waals surface area contributed by atoms with Gasteiger partial charge in [-0.1, -0.05) is 11.6 Å². The van der Waals surface area contributed by atoms with E-state index in [1.165, 1.54) is 6.07 Å². The predicted molar refractivity (Wildman–Crippen MR) is 69.1 cm³/mol. The van der Waals surface area contributed by atoms with E-state index in [1.54, 1.807) is 17.0 Å². The molecule has 5 nitrogen and oxygen atoms in total. The van der Waals surface area contributed by atoms with Crippen molar-refractivity contribution in [1.29, 1.82) is 0 Å². The molecule has 0 aromatic heterocycles. The molecule has 1 heterocycles. The summed E-state index contributed by atoms with van der Waals surface area (Å²) in [6, 6.07) is 4.90. The van der Waals surface area contributed by atoms with Crippen LogP contribution in [0.1, 0.15) is 28.8 Å². The first kappa shape index (κ1) is 13.4. The lowest BCUT2D eigenvalue weighted by Gasteiger charge is -2.30. The molecule has 102 valence electrons. The Morgan fingerprint density at radius 2 is 1.89 bits per heavy atom. The second-order valence-corrected chi connectivity index (χ2v) is 4.93. The van der Waals surface area contributed by atoms with E-state index in [0.717, 1.165) is 5.56 Å². The topological polar surface area (TPSA) is 77.8 Å². The van der Waals surface area contributed by atoms with Gasteiger partial charge in [0.05, 0.1) is 11.5 Å². The number of piperidine rings is 1. The summed E-state index contributed by atoms with van der Waals surface area (Å²) in [7, 11) is 0. The Balaban J connectivity index is 2.09. The molecule has 19 heavy (non-hydrogen) atoms. The van der Waals surface area contributed by atoms with Crippen LogP contribution in [0.4, 0.5) is 0 Å². The predicted octanol–water partition coefficient (Wildman–Crippen LogP) is 1.64. The fourth-order valence-electron chi connectivity index (χ4n) is 2.32.